The van der Waals surface area contributed by atoms with Gasteiger partial charge in [-0.05, 0) is 53.6 Å². The number of halogens is 5. The molecule has 0 amide bonds. The van der Waals surface area contributed by atoms with E-state index in [1.807, 2.05) is 84.9 Å². The predicted octanol–water partition coefficient (Wildman–Crippen LogP) is 10.9. The molecule has 0 N–H and O–H groups in total. The van der Waals surface area contributed by atoms with Crippen LogP contribution in [0.15, 0.2) is 140 Å². The number of aromatic nitrogens is 4. The first-order valence-corrected chi connectivity index (χ1v) is 15.3. The summed E-state index contributed by atoms with van der Waals surface area (Å²) in [5.74, 6) is -0.984. The van der Waals surface area contributed by atoms with E-state index in [0.29, 0.717) is 50.4 Å². The minimum Gasteiger partial charge on any atom is -0.308 e. The molecule has 0 radical (unpaired) electrons. The minimum atomic E-state index is -4.57. The van der Waals surface area contributed by atoms with E-state index in [2.05, 4.69) is 0 Å². The smallest absolute Gasteiger partial charge is 0.308 e. The summed E-state index contributed by atoms with van der Waals surface area (Å²) >= 11 is 0. The highest BCUT2D eigenvalue weighted by Crippen LogP contribution is 2.40. The zero-order valence-corrected chi connectivity index (χ0v) is 25.5. The van der Waals surface area contributed by atoms with Crippen molar-refractivity contribution in [3.05, 3.63) is 157 Å². The number of hydrogen-bond donors (Lipinski definition) is 0. The summed E-state index contributed by atoms with van der Waals surface area (Å²) in [4.78, 5) is 14.6. The Bertz CT molecular complexity index is 2450. The van der Waals surface area contributed by atoms with Gasteiger partial charge in [0.15, 0.2) is 29.1 Å². The molecule has 0 saturated carbocycles. The van der Waals surface area contributed by atoms with Crippen LogP contribution >= 0.6 is 0 Å². The monoisotopic (exact) mass is 654 g/mol. The summed E-state index contributed by atoms with van der Waals surface area (Å²) in [7, 11) is 0. The van der Waals surface area contributed by atoms with Crippen LogP contribution in [0.1, 0.15) is 5.56 Å². The highest BCUT2D eigenvalue weighted by atomic mass is 19.4. The Hall–Kier alpha value is -6.22. The van der Waals surface area contributed by atoms with Gasteiger partial charge in [0, 0.05) is 27.5 Å². The highest BCUT2D eigenvalue weighted by molar-refractivity contribution is 6.10. The van der Waals surface area contributed by atoms with Gasteiger partial charge in [-0.25, -0.2) is 23.7 Å². The van der Waals surface area contributed by atoms with E-state index in [1.54, 1.807) is 22.8 Å². The quantitative estimate of drug-likeness (QED) is 0.174. The third-order valence-corrected chi connectivity index (χ3v) is 8.43. The Morgan fingerprint density at radius 3 is 1.67 bits per heavy atom. The van der Waals surface area contributed by atoms with Gasteiger partial charge in [0.05, 0.1) is 22.3 Å². The Labute approximate surface area is 276 Å². The number of hydrogen-bond acceptors (Lipinski definition) is 3. The molecule has 0 aliphatic heterocycles. The van der Waals surface area contributed by atoms with Crippen molar-refractivity contribution in [3.8, 4) is 51.0 Å². The van der Waals surface area contributed by atoms with Crippen molar-refractivity contribution >= 4 is 21.8 Å². The molecule has 9 heteroatoms. The van der Waals surface area contributed by atoms with Gasteiger partial charge < -0.3 is 4.57 Å². The number of fused-ring (bicyclic) bond motifs is 3. The molecule has 8 aromatic rings. The van der Waals surface area contributed by atoms with Crippen LogP contribution in [0.5, 0.6) is 0 Å². The second kappa shape index (κ2) is 11.8. The maximum atomic E-state index is 14.5. The summed E-state index contributed by atoms with van der Waals surface area (Å²) in [5, 5.41) is 1.39. The summed E-state index contributed by atoms with van der Waals surface area (Å²) in [6.45, 7) is 0. The second-order valence-electron chi connectivity index (χ2n) is 11.5. The van der Waals surface area contributed by atoms with Crippen LogP contribution in [0.25, 0.3) is 72.8 Å². The van der Waals surface area contributed by atoms with E-state index in [9.17, 15) is 22.0 Å². The molecular formula is C40H23F5N4. The van der Waals surface area contributed by atoms with Crippen LogP contribution in [0, 0.1) is 11.6 Å². The Morgan fingerprint density at radius 1 is 0.449 bits per heavy atom. The summed E-state index contributed by atoms with van der Waals surface area (Å²) in [6.07, 6.45) is -4.57. The largest absolute Gasteiger partial charge is 0.416 e. The van der Waals surface area contributed by atoms with Crippen LogP contribution in [-0.2, 0) is 6.18 Å². The lowest BCUT2D eigenvalue weighted by Crippen LogP contribution is -2.06. The molecule has 2 aromatic heterocycles. The van der Waals surface area contributed by atoms with Crippen LogP contribution in [-0.4, -0.2) is 19.5 Å². The zero-order chi connectivity index (χ0) is 33.7. The van der Waals surface area contributed by atoms with Gasteiger partial charge in [-0.15, -0.1) is 0 Å². The fourth-order valence-electron chi connectivity index (χ4n) is 6.10. The van der Waals surface area contributed by atoms with Crippen LogP contribution in [0.2, 0.25) is 0 Å². The number of nitrogens with zero attached hydrogens (tertiary/aromatic N) is 4. The molecule has 4 nitrogen and oxygen atoms in total. The fraction of sp³-hybridized carbons (Fsp3) is 0.0250. The fourth-order valence-corrected chi connectivity index (χ4v) is 6.10. The van der Waals surface area contributed by atoms with Crippen molar-refractivity contribution in [2.75, 3.05) is 0 Å². The molecule has 8 rings (SSSR count). The Morgan fingerprint density at radius 2 is 1.02 bits per heavy atom. The first-order valence-electron chi connectivity index (χ1n) is 15.3. The minimum absolute atomic E-state index is 0.241. The van der Waals surface area contributed by atoms with Crippen LogP contribution < -0.4 is 0 Å². The Balaban J connectivity index is 1.47. The van der Waals surface area contributed by atoms with E-state index < -0.39 is 23.4 Å². The van der Waals surface area contributed by atoms with Gasteiger partial charge in [-0.1, -0.05) is 97.1 Å². The van der Waals surface area contributed by atoms with Crippen molar-refractivity contribution in [2.45, 2.75) is 6.18 Å². The lowest BCUT2D eigenvalue weighted by atomic mass is 10.0. The average Bonchev–Trinajstić information content (AvgIpc) is 3.46. The lowest BCUT2D eigenvalue weighted by molar-refractivity contribution is -0.137. The van der Waals surface area contributed by atoms with Crippen molar-refractivity contribution in [1.82, 2.24) is 19.5 Å². The molecule has 0 fully saturated rings. The van der Waals surface area contributed by atoms with Gasteiger partial charge in [0.2, 0.25) is 0 Å². The molecular weight excluding hydrogens is 631 g/mol. The molecule has 2 heterocycles. The third kappa shape index (κ3) is 5.49. The molecule has 0 atom stereocenters. The number of para-hydroxylation sites is 1. The van der Waals surface area contributed by atoms with E-state index in [1.165, 1.54) is 12.1 Å². The van der Waals surface area contributed by atoms with E-state index in [-0.39, 0.29) is 5.82 Å². The first-order chi connectivity index (χ1) is 23.7. The van der Waals surface area contributed by atoms with E-state index in [4.69, 9.17) is 15.0 Å². The normalized spacial score (nSPS) is 11.8. The number of alkyl halides is 3. The number of benzene rings is 6. The SMILES string of the molecule is Fc1ccc(-c2ccc(-n3c4ccccc4c4ccc(C(F)(F)F)cc43)c(-c3nc(-c4ccccc4)nc(-c4ccccc4)n3)c2)cc1F. The molecule has 0 saturated heterocycles. The van der Waals surface area contributed by atoms with Crippen LogP contribution in [0.4, 0.5) is 22.0 Å². The third-order valence-electron chi connectivity index (χ3n) is 8.43. The number of rotatable bonds is 5. The maximum absolute atomic E-state index is 14.5. The van der Waals surface area contributed by atoms with E-state index in [0.717, 1.165) is 40.8 Å². The standard InChI is InChI=1S/C40H23F5N4/c41-32-19-15-27(22-33(32)42)26-16-20-35(49-34-14-8-7-13-29(34)30-18-17-28(23-36(30)49)40(43,44)45)31(21-26)39-47-37(24-9-3-1-4-10-24)46-38(48-39)25-11-5-2-6-12-25/h1-23H. The molecule has 0 aliphatic carbocycles. The van der Waals surface area contributed by atoms with Crippen LogP contribution in [0.3, 0.4) is 0 Å². The van der Waals surface area contributed by atoms with Gasteiger partial charge in [-0.2, -0.15) is 13.2 Å². The second-order valence-corrected chi connectivity index (χ2v) is 11.5. The zero-order valence-electron chi connectivity index (χ0n) is 25.5. The molecule has 0 unspecified atom stereocenters. The molecule has 49 heavy (non-hydrogen) atoms. The Kier molecular flexibility index (Phi) is 7.25. The van der Waals surface area contributed by atoms with Gasteiger partial charge in [-0.3, -0.25) is 0 Å². The lowest BCUT2D eigenvalue weighted by Gasteiger charge is -2.17. The van der Waals surface area contributed by atoms with Crippen molar-refractivity contribution < 1.29 is 22.0 Å². The van der Waals surface area contributed by atoms with E-state index >= 15 is 0 Å². The molecule has 0 aliphatic rings. The van der Waals surface area contributed by atoms with Gasteiger partial charge >= 0.3 is 6.18 Å². The van der Waals surface area contributed by atoms with Crippen molar-refractivity contribution in [3.63, 3.8) is 0 Å². The van der Waals surface area contributed by atoms with Crippen molar-refractivity contribution in [2.24, 2.45) is 0 Å². The molecule has 0 bridgehead atoms. The average molecular weight is 655 g/mol. The molecule has 0 spiro atoms. The topological polar surface area (TPSA) is 43.6 Å². The molecule has 6 aromatic carbocycles. The first kappa shape index (κ1) is 30.1. The molecule has 238 valence electrons. The van der Waals surface area contributed by atoms with Crippen molar-refractivity contribution in [1.29, 1.82) is 0 Å². The maximum Gasteiger partial charge on any atom is 0.416 e. The summed E-state index contributed by atoms with van der Waals surface area (Å²) in [5.41, 5.74) is 3.52. The van der Waals surface area contributed by atoms with Gasteiger partial charge in [0.1, 0.15) is 0 Å². The predicted molar refractivity (Wildman–Crippen MR) is 181 cm³/mol. The van der Waals surface area contributed by atoms with Gasteiger partial charge in [0.25, 0.3) is 0 Å². The summed E-state index contributed by atoms with van der Waals surface area (Å²) in [6, 6.07) is 38.6. The highest BCUT2D eigenvalue weighted by Gasteiger charge is 2.31. The summed E-state index contributed by atoms with van der Waals surface area (Å²) < 4.78 is 72.4.